The third kappa shape index (κ3) is 3.43. The first-order valence-electron chi connectivity index (χ1n) is 5.94. The molecule has 0 unspecified atom stereocenters. The van der Waals surface area contributed by atoms with Gasteiger partial charge in [0.05, 0.1) is 6.61 Å². The Labute approximate surface area is 110 Å². The minimum Gasteiger partial charge on any atom is -0.491 e. The summed E-state index contributed by atoms with van der Waals surface area (Å²) >= 11 is 3.43. The summed E-state index contributed by atoms with van der Waals surface area (Å²) in [7, 11) is 0. The van der Waals surface area contributed by atoms with E-state index >= 15 is 0 Å². The fourth-order valence-corrected chi connectivity index (χ4v) is 2.14. The molecule has 0 atom stereocenters. The lowest BCUT2D eigenvalue weighted by Crippen LogP contribution is -1.98. The Morgan fingerprint density at radius 2 is 1.94 bits per heavy atom. The number of alkyl halides is 1. The highest BCUT2D eigenvalue weighted by Gasteiger charge is 2.01. The summed E-state index contributed by atoms with van der Waals surface area (Å²) < 4.78 is 5.79. The minimum absolute atomic E-state index is 0.767. The van der Waals surface area contributed by atoms with Crippen LogP contribution in [0.3, 0.4) is 0 Å². The third-order valence-corrected chi connectivity index (χ3v) is 3.19. The molecule has 17 heavy (non-hydrogen) atoms. The number of fused-ring (bicyclic) bond motifs is 1. The second-order valence-electron chi connectivity index (χ2n) is 3.93. The summed E-state index contributed by atoms with van der Waals surface area (Å²) in [5.74, 6) is 0.891. The van der Waals surface area contributed by atoms with Gasteiger partial charge in [-0.25, -0.2) is 0 Å². The summed E-state index contributed by atoms with van der Waals surface area (Å²) in [4.78, 5) is 4.36. The molecule has 0 N–H and O–H groups in total. The second-order valence-corrected chi connectivity index (χ2v) is 4.72. The largest absolute Gasteiger partial charge is 0.491 e. The van der Waals surface area contributed by atoms with Gasteiger partial charge in [0, 0.05) is 16.9 Å². The van der Waals surface area contributed by atoms with Crippen LogP contribution in [0.1, 0.15) is 19.3 Å². The van der Waals surface area contributed by atoms with Crippen LogP contribution in [0.25, 0.3) is 10.9 Å². The molecule has 0 saturated carbocycles. The minimum atomic E-state index is 0.767. The molecule has 1 aromatic heterocycles. The zero-order valence-corrected chi connectivity index (χ0v) is 11.3. The lowest BCUT2D eigenvalue weighted by Gasteiger charge is -2.08. The molecule has 0 amide bonds. The predicted molar refractivity (Wildman–Crippen MR) is 74.9 cm³/mol. The number of pyridine rings is 1. The number of hydrogen-bond acceptors (Lipinski definition) is 2. The molecule has 0 aliphatic heterocycles. The van der Waals surface area contributed by atoms with E-state index in [0.717, 1.165) is 35.0 Å². The number of benzene rings is 1. The van der Waals surface area contributed by atoms with Crippen molar-refractivity contribution in [3.05, 3.63) is 36.5 Å². The van der Waals surface area contributed by atoms with Crippen molar-refractivity contribution in [3.63, 3.8) is 0 Å². The molecule has 90 valence electrons. The standard InChI is InChI=1S/C14H16BrNO/c15-9-2-1-3-11-17-13-8-4-6-12-7-5-10-16-14(12)13/h4-8,10H,1-3,9,11H2. The molecule has 0 saturated heterocycles. The van der Waals surface area contributed by atoms with Gasteiger partial charge in [-0.3, -0.25) is 4.98 Å². The van der Waals surface area contributed by atoms with E-state index in [2.05, 4.69) is 33.0 Å². The molecule has 1 aromatic carbocycles. The Morgan fingerprint density at radius 3 is 2.82 bits per heavy atom. The van der Waals surface area contributed by atoms with Gasteiger partial charge in [0.15, 0.2) is 0 Å². The van der Waals surface area contributed by atoms with E-state index in [1.54, 1.807) is 6.20 Å². The first-order valence-corrected chi connectivity index (χ1v) is 7.06. The fourth-order valence-electron chi connectivity index (χ4n) is 1.75. The Hall–Kier alpha value is -1.09. The quantitative estimate of drug-likeness (QED) is 0.589. The molecule has 0 fully saturated rings. The normalized spacial score (nSPS) is 10.6. The first kappa shape index (κ1) is 12.4. The van der Waals surface area contributed by atoms with Crippen LogP contribution in [0.15, 0.2) is 36.5 Å². The Kier molecular flexibility index (Phi) is 4.80. The van der Waals surface area contributed by atoms with E-state index in [0.29, 0.717) is 0 Å². The fraction of sp³-hybridized carbons (Fsp3) is 0.357. The van der Waals surface area contributed by atoms with Gasteiger partial charge in [-0.2, -0.15) is 0 Å². The maximum absolute atomic E-state index is 5.79. The van der Waals surface area contributed by atoms with E-state index in [-0.39, 0.29) is 0 Å². The van der Waals surface area contributed by atoms with E-state index in [4.69, 9.17) is 4.74 Å². The predicted octanol–water partition coefficient (Wildman–Crippen LogP) is 4.18. The van der Waals surface area contributed by atoms with E-state index in [9.17, 15) is 0 Å². The lowest BCUT2D eigenvalue weighted by molar-refractivity contribution is 0.309. The molecule has 2 rings (SSSR count). The average molecular weight is 294 g/mol. The van der Waals surface area contributed by atoms with E-state index in [1.807, 2.05) is 18.2 Å². The Bertz CT molecular complexity index is 467. The van der Waals surface area contributed by atoms with Gasteiger partial charge in [0.1, 0.15) is 11.3 Å². The molecule has 0 spiro atoms. The number of halogens is 1. The number of aromatic nitrogens is 1. The molecular formula is C14H16BrNO. The smallest absolute Gasteiger partial charge is 0.145 e. The zero-order chi connectivity index (χ0) is 11.9. The van der Waals surface area contributed by atoms with Gasteiger partial charge in [0.25, 0.3) is 0 Å². The zero-order valence-electron chi connectivity index (χ0n) is 9.73. The van der Waals surface area contributed by atoms with Crippen molar-refractivity contribution in [2.45, 2.75) is 19.3 Å². The summed E-state index contributed by atoms with van der Waals surface area (Å²) in [6.45, 7) is 0.767. The molecule has 0 radical (unpaired) electrons. The molecule has 0 aliphatic carbocycles. The number of para-hydroxylation sites is 1. The van der Waals surface area contributed by atoms with Crippen LogP contribution < -0.4 is 4.74 Å². The van der Waals surface area contributed by atoms with Crippen molar-refractivity contribution in [2.75, 3.05) is 11.9 Å². The third-order valence-electron chi connectivity index (χ3n) is 2.63. The van der Waals surface area contributed by atoms with Gasteiger partial charge < -0.3 is 4.74 Å². The monoisotopic (exact) mass is 293 g/mol. The van der Waals surface area contributed by atoms with E-state index in [1.165, 1.54) is 12.8 Å². The van der Waals surface area contributed by atoms with Gasteiger partial charge in [-0.15, -0.1) is 0 Å². The summed E-state index contributed by atoms with van der Waals surface area (Å²) in [5.41, 5.74) is 0.954. The maximum Gasteiger partial charge on any atom is 0.145 e. The number of rotatable bonds is 6. The van der Waals surface area contributed by atoms with Crippen LogP contribution in [0.5, 0.6) is 5.75 Å². The Morgan fingerprint density at radius 1 is 1.06 bits per heavy atom. The molecule has 0 aliphatic rings. The lowest BCUT2D eigenvalue weighted by atomic mass is 10.2. The van der Waals surface area contributed by atoms with Crippen molar-refractivity contribution in [3.8, 4) is 5.75 Å². The maximum atomic E-state index is 5.79. The van der Waals surface area contributed by atoms with Crippen molar-refractivity contribution in [1.82, 2.24) is 4.98 Å². The number of hydrogen-bond donors (Lipinski definition) is 0. The molecule has 2 aromatic rings. The van der Waals surface area contributed by atoms with Crippen molar-refractivity contribution in [2.24, 2.45) is 0 Å². The molecular weight excluding hydrogens is 278 g/mol. The molecule has 3 heteroatoms. The topological polar surface area (TPSA) is 22.1 Å². The van der Waals surface area contributed by atoms with Crippen LogP contribution in [0.4, 0.5) is 0 Å². The second kappa shape index (κ2) is 6.60. The Balaban J connectivity index is 1.98. The molecule has 0 bridgehead atoms. The summed E-state index contributed by atoms with van der Waals surface area (Å²) in [5, 5.41) is 2.20. The number of nitrogens with zero attached hydrogens (tertiary/aromatic N) is 1. The first-order chi connectivity index (χ1) is 8.42. The molecule has 1 heterocycles. The number of unbranched alkanes of at least 4 members (excludes halogenated alkanes) is 2. The van der Waals surface area contributed by atoms with Crippen molar-refractivity contribution < 1.29 is 4.74 Å². The van der Waals surface area contributed by atoms with Crippen LogP contribution in [-0.4, -0.2) is 16.9 Å². The van der Waals surface area contributed by atoms with Crippen LogP contribution >= 0.6 is 15.9 Å². The van der Waals surface area contributed by atoms with Crippen molar-refractivity contribution >= 4 is 26.8 Å². The van der Waals surface area contributed by atoms with Gasteiger partial charge in [-0.1, -0.05) is 34.1 Å². The number of ether oxygens (including phenoxy) is 1. The van der Waals surface area contributed by atoms with Gasteiger partial charge in [-0.05, 0) is 31.4 Å². The summed E-state index contributed by atoms with van der Waals surface area (Å²) in [6, 6.07) is 10.1. The van der Waals surface area contributed by atoms with E-state index < -0.39 is 0 Å². The molecule has 2 nitrogen and oxygen atoms in total. The van der Waals surface area contributed by atoms with Gasteiger partial charge in [0.2, 0.25) is 0 Å². The van der Waals surface area contributed by atoms with Crippen molar-refractivity contribution in [1.29, 1.82) is 0 Å². The average Bonchev–Trinajstić information content (AvgIpc) is 2.39. The summed E-state index contributed by atoms with van der Waals surface area (Å²) in [6.07, 6.45) is 5.30. The van der Waals surface area contributed by atoms with Gasteiger partial charge >= 0.3 is 0 Å². The highest BCUT2D eigenvalue weighted by atomic mass is 79.9. The van der Waals surface area contributed by atoms with Crippen LogP contribution in [-0.2, 0) is 0 Å². The van der Waals surface area contributed by atoms with Crippen LogP contribution in [0.2, 0.25) is 0 Å². The SMILES string of the molecule is BrCCCCCOc1cccc2cccnc12. The van der Waals surface area contributed by atoms with Crippen LogP contribution in [0, 0.1) is 0 Å². The highest BCUT2D eigenvalue weighted by molar-refractivity contribution is 9.09. The highest BCUT2D eigenvalue weighted by Crippen LogP contribution is 2.23.